The number of halogens is 1. The van der Waals surface area contributed by atoms with Crippen molar-refractivity contribution in [3.05, 3.63) is 33.8 Å². The second kappa shape index (κ2) is 4.24. The summed E-state index contributed by atoms with van der Waals surface area (Å²) in [6.07, 6.45) is 1.09. The van der Waals surface area contributed by atoms with E-state index in [1.807, 2.05) is 0 Å². The molecule has 1 heterocycles. The van der Waals surface area contributed by atoms with Gasteiger partial charge in [0.1, 0.15) is 0 Å². The minimum Gasteiger partial charge on any atom is -0.326 e. The number of hydrogen-bond acceptors (Lipinski definition) is 2. The molecule has 0 saturated carbocycles. The number of benzene rings is 1. The molecule has 2 rings (SSSR count). The third-order valence-electron chi connectivity index (χ3n) is 3.23. The van der Waals surface area contributed by atoms with E-state index in [0.717, 1.165) is 13.0 Å². The molecule has 1 aromatic rings. The summed E-state index contributed by atoms with van der Waals surface area (Å²) in [6.45, 7) is 3.20. The summed E-state index contributed by atoms with van der Waals surface area (Å²) in [5.41, 5.74) is 8.72. The Kier molecular flexibility index (Phi) is 3.14. The first-order chi connectivity index (χ1) is 7.09. The van der Waals surface area contributed by atoms with Crippen LogP contribution in [-0.2, 0) is 0 Å². The molecule has 2 N–H and O–H groups in total. The number of nitrogens with zero attached hydrogens (tertiary/aromatic N) is 1. The van der Waals surface area contributed by atoms with Gasteiger partial charge in [-0.2, -0.15) is 0 Å². The lowest BCUT2D eigenvalue weighted by Gasteiger charge is -2.23. The monoisotopic (exact) mass is 268 g/mol. The molecule has 0 bridgehead atoms. The van der Waals surface area contributed by atoms with Gasteiger partial charge >= 0.3 is 0 Å². The minimum absolute atomic E-state index is 0.268. The predicted octanol–water partition coefficient (Wildman–Crippen LogP) is 2.46. The van der Waals surface area contributed by atoms with E-state index in [1.54, 1.807) is 0 Å². The smallest absolute Gasteiger partial charge is 0.0497 e. The zero-order chi connectivity index (χ0) is 11.0. The van der Waals surface area contributed by atoms with Gasteiger partial charge < -0.3 is 5.73 Å². The van der Waals surface area contributed by atoms with E-state index in [9.17, 15) is 0 Å². The van der Waals surface area contributed by atoms with E-state index in [0.29, 0.717) is 6.04 Å². The maximum absolute atomic E-state index is 6.13. The van der Waals surface area contributed by atoms with Crippen molar-refractivity contribution in [2.75, 3.05) is 13.6 Å². The van der Waals surface area contributed by atoms with Gasteiger partial charge in [-0.1, -0.05) is 28.1 Å². The standard InChI is InChI=1S/C12H17BrN2/c1-8-3-4-9(7-10(8)13)12-11(14)5-6-15(12)2/h3-4,7,11-12H,5-6,14H2,1-2H3. The Balaban J connectivity index is 2.32. The van der Waals surface area contributed by atoms with Crippen molar-refractivity contribution in [3.63, 3.8) is 0 Å². The highest BCUT2D eigenvalue weighted by molar-refractivity contribution is 9.10. The summed E-state index contributed by atoms with van der Waals surface area (Å²) in [4.78, 5) is 2.34. The fraction of sp³-hybridized carbons (Fsp3) is 0.500. The van der Waals surface area contributed by atoms with Crippen LogP contribution in [-0.4, -0.2) is 24.5 Å². The second-order valence-electron chi connectivity index (χ2n) is 4.39. The Morgan fingerprint density at radius 1 is 1.47 bits per heavy atom. The van der Waals surface area contributed by atoms with Crippen molar-refractivity contribution in [3.8, 4) is 0 Å². The van der Waals surface area contributed by atoms with Gasteiger partial charge in [0.15, 0.2) is 0 Å². The molecular formula is C12H17BrN2. The fourth-order valence-electron chi connectivity index (χ4n) is 2.27. The van der Waals surface area contributed by atoms with Gasteiger partial charge in [0.2, 0.25) is 0 Å². The van der Waals surface area contributed by atoms with Crippen LogP contribution in [0, 0.1) is 6.92 Å². The first-order valence-corrected chi connectivity index (χ1v) is 6.11. The summed E-state index contributed by atoms with van der Waals surface area (Å²) in [7, 11) is 2.14. The summed E-state index contributed by atoms with van der Waals surface area (Å²) in [5.74, 6) is 0. The van der Waals surface area contributed by atoms with Crippen LogP contribution in [0.3, 0.4) is 0 Å². The van der Waals surface area contributed by atoms with Crippen molar-refractivity contribution < 1.29 is 0 Å². The Bertz CT molecular complexity index is 355. The van der Waals surface area contributed by atoms with Crippen molar-refractivity contribution in [2.24, 2.45) is 5.73 Å². The number of aryl methyl sites for hydroxylation is 1. The van der Waals surface area contributed by atoms with E-state index in [1.165, 1.54) is 15.6 Å². The summed E-state index contributed by atoms with van der Waals surface area (Å²) in [5, 5.41) is 0. The van der Waals surface area contributed by atoms with Crippen molar-refractivity contribution in [2.45, 2.75) is 25.4 Å². The van der Waals surface area contributed by atoms with Gasteiger partial charge in [0.05, 0.1) is 0 Å². The molecule has 1 aliphatic rings. The molecule has 1 fully saturated rings. The van der Waals surface area contributed by atoms with Gasteiger partial charge in [0.25, 0.3) is 0 Å². The zero-order valence-corrected chi connectivity index (χ0v) is 10.8. The molecule has 0 aliphatic carbocycles. The van der Waals surface area contributed by atoms with Crippen LogP contribution >= 0.6 is 15.9 Å². The molecule has 82 valence electrons. The molecule has 2 atom stereocenters. The van der Waals surface area contributed by atoms with E-state index >= 15 is 0 Å². The molecule has 2 nitrogen and oxygen atoms in total. The molecule has 1 aliphatic heterocycles. The molecule has 0 radical (unpaired) electrons. The minimum atomic E-state index is 0.268. The molecule has 2 unspecified atom stereocenters. The summed E-state index contributed by atoms with van der Waals surface area (Å²) < 4.78 is 1.17. The van der Waals surface area contributed by atoms with E-state index in [2.05, 4.69) is 53.0 Å². The lowest BCUT2D eigenvalue weighted by molar-refractivity contribution is 0.304. The van der Waals surface area contributed by atoms with Crippen LogP contribution in [0.15, 0.2) is 22.7 Å². The van der Waals surface area contributed by atoms with Gasteiger partial charge in [-0.25, -0.2) is 0 Å². The topological polar surface area (TPSA) is 29.3 Å². The van der Waals surface area contributed by atoms with Crippen molar-refractivity contribution in [1.29, 1.82) is 0 Å². The fourth-order valence-corrected chi connectivity index (χ4v) is 2.67. The summed E-state index contributed by atoms with van der Waals surface area (Å²) in [6, 6.07) is 7.18. The van der Waals surface area contributed by atoms with Crippen LogP contribution in [0.5, 0.6) is 0 Å². The quantitative estimate of drug-likeness (QED) is 0.848. The lowest BCUT2D eigenvalue weighted by Crippen LogP contribution is -2.29. The molecule has 15 heavy (non-hydrogen) atoms. The SMILES string of the molecule is Cc1ccc(C2C(N)CCN2C)cc1Br. The number of rotatable bonds is 1. The Morgan fingerprint density at radius 3 is 2.73 bits per heavy atom. The highest BCUT2D eigenvalue weighted by Gasteiger charge is 2.30. The largest absolute Gasteiger partial charge is 0.326 e. The normalized spacial score (nSPS) is 27.2. The first-order valence-electron chi connectivity index (χ1n) is 5.31. The lowest BCUT2D eigenvalue weighted by atomic mass is 10.00. The molecule has 0 spiro atoms. The molecule has 3 heteroatoms. The molecule has 0 aromatic heterocycles. The van der Waals surface area contributed by atoms with E-state index in [4.69, 9.17) is 5.73 Å². The van der Waals surface area contributed by atoms with E-state index < -0.39 is 0 Å². The number of likely N-dealkylation sites (N-methyl/N-ethyl adjacent to an activating group) is 1. The highest BCUT2D eigenvalue weighted by Crippen LogP contribution is 2.31. The van der Waals surface area contributed by atoms with Gasteiger partial charge in [-0.05, 0) is 37.6 Å². The van der Waals surface area contributed by atoms with Crippen LogP contribution in [0.4, 0.5) is 0 Å². The highest BCUT2D eigenvalue weighted by atomic mass is 79.9. The first kappa shape index (κ1) is 11.1. The van der Waals surface area contributed by atoms with E-state index in [-0.39, 0.29) is 6.04 Å². The van der Waals surface area contributed by atoms with Crippen LogP contribution in [0.1, 0.15) is 23.6 Å². The average molecular weight is 269 g/mol. The predicted molar refractivity (Wildman–Crippen MR) is 66.8 cm³/mol. The summed E-state index contributed by atoms with van der Waals surface area (Å²) >= 11 is 3.57. The second-order valence-corrected chi connectivity index (χ2v) is 5.24. The Labute approximate surface area is 99.6 Å². The zero-order valence-electron chi connectivity index (χ0n) is 9.20. The Morgan fingerprint density at radius 2 is 2.20 bits per heavy atom. The van der Waals surface area contributed by atoms with Crippen LogP contribution in [0.2, 0.25) is 0 Å². The van der Waals surface area contributed by atoms with Crippen LogP contribution in [0.25, 0.3) is 0 Å². The van der Waals surface area contributed by atoms with Gasteiger partial charge in [0, 0.05) is 23.1 Å². The maximum atomic E-state index is 6.13. The van der Waals surface area contributed by atoms with Crippen LogP contribution < -0.4 is 5.73 Å². The Hall–Kier alpha value is -0.380. The molecule has 1 aromatic carbocycles. The van der Waals surface area contributed by atoms with Crippen molar-refractivity contribution in [1.82, 2.24) is 4.90 Å². The van der Waals surface area contributed by atoms with Gasteiger partial charge in [-0.3, -0.25) is 4.90 Å². The number of nitrogens with two attached hydrogens (primary N) is 1. The third kappa shape index (κ3) is 2.10. The molecular weight excluding hydrogens is 252 g/mol. The number of likely N-dealkylation sites (tertiary alicyclic amines) is 1. The molecule has 0 amide bonds. The molecule has 1 saturated heterocycles. The average Bonchev–Trinajstić information content (AvgIpc) is 2.52. The maximum Gasteiger partial charge on any atom is 0.0497 e. The van der Waals surface area contributed by atoms with Crippen molar-refractivity contribution >= 4 is 15.9 Å². The third-order valence-corrected chi connectivity index (χ3v) is 4.09. The number of hydrogen-bond donors (Lipinski definition) is 1. The van der Waals surface area contributed by atoms with Gasteiger partial charge in [-0.15, -0.1) is 0 Å².